The third-order valence-corrected chi connectivity index (χ3v) is 4.02. The average Bonchev–Trinajstić information content (AvgIpc) is 2.84. The summed E-state index contributed by atoms with van der Waals surface area (Å²) < 4.78 is 40.4. The van der Waals surface area contributed by atoms with Gasteiger partial charge in [0.15, 0.2) is 5.16 Å². The van der Waals surface area contributed by atoms with E-state index in [4.69, 9.17) is 0 Å². The lowest BCUT2D eigenvalue weighted by atomic mass is 10.1. The van der Waals surface area contributed by atoms with Gasteiger partial charge >= 0.3 is 6.18 Å². The highest BCUT2D eigenvalue weighted by Crippen LogP contribution is 2.34. The van der Waals surface area contributed by atoms with E-state index in [1.807, 2.05) is 11.5 Å². The van der Waals surface area contributed by atoms with Gasteiger partial charge in [0.05, 0.1) is 17.0 Å². The molecule has 0 saturated heterocycles. The molecule has 2 rings (SSSR count). The fraction of sp³-hybridized carbons (Fsp3) is 0.357. The van der Waals surface area contributed by atoms with Crippen LogP contribution in [0.4, 0.5) is 18.9 Å². The Labute approximate surface area is 135 Å². The van der Waals surface area contributed by atoms with Crippen molar-refractivity contribution >= 4 is 23.4 Å². The Hall–Kier alpha value is -2.03. The van der Waals surface area contributed by atoms with E-state index in [-0.39, 0.29) is 11.4 Å². The Kier molecular flexibility index (Phi) is 5.30. The molecule has 1 N–H and O–H groups in total. The Bertz CT molecular complexity index is 700. The van der Waals surface area contributed by atoms with Gasteiger partial charge in [-0.1, -0.05) is 23.9 Å². The second-order valence-corrected chi connectivity index (χ2v) is 5.60. The van der Waals surface area contributed by atoms with Crippen molar-refractivity contribution in [2.75, 3.05) is 11.1 Å². The van der Waals surface area contributed by atoms with Gasteiger partial charge in [-0.3, -0.25) is 4.79 Å². The number of thioether (sulfide) groups is 1. The maximum atomic E-state index is 12.9. The first-order chi connectivity index (χ1) is 10.8. The summed E-state index contributed by atoms with van der Waals surface area (Å²) in [7, 11) is 0. The summed E-state index contributed by atoms with van der Waals surface area (Å²) in [6.45, 7) is 4.36. The monoisotopic (exact) mass is 344 g/mol. The fourth-order valence-corrected chi connectivity index (χ4v) is 2.84. The molecule has 0 unspecified atom stereocenters. The van der Waals surface area contributed by atoms with Crippen LogP contribution in [0.5, 0.6) is 0 Å². The van der Waals surface area contributed by atoms with Crippen LogP contribution in [-0.4, -0.2) is 26.4 Å². The molecule has 0 bridgehead atoms. The summed E-state index contributed by atoms with van der Waals surface area (Å²) in [5.41, 5.74) is -1.12. The molecular formula is C14H15F3N4OS. The highest BCUT2D eigenvalue weighted by atomic mass is 32.2. The number of para-hydroxylation sites is 1. The van der Waals surface area contributed by atoms with Crippen molar-refractivity contribution in [2.45, 2.75) is 31.7 Å². The van der Waals surface area contributed by atoms with E-state index < -0.39 is 17.6 Å². The van der Waals surface area contributed by atoms with E-state index in [1.54, 1.807) is 6.92 Å². The number of hydrogen-bond donors (Lipinski definition) is 1. The molecule has 1 amide bonds. The van der Waals surface area contributed by atoms with Gasteiger partial charge in [0.2, 0.25) is 5.91 Å². The Morgan fingerprint density at radius 2 is 2.00 bits per heavy atom. The van der Waals surface area contributed by atoms with Gasteiger partial charge in [-0.05, 0) is 26.0 Å². The minimum atomic E-state index is -4.52. The van der Waals surface area contributed by atoms with Gasteiger partial charge < -0.3 is 9.88 Å². The Morgan fingerprint density at radius 1 is 1.30 bits per heavy atom. The molecule has 1 aromatic heterocycles. The molecule has 0 aliphatic carbocycles. The first-order valence-electron chi connectivity index (χ1n) is 6.81. The molecule has 5 nitrogen and oxygen atoms in total. The second kappa shape index (κ2) is 7.03. The third kappa shape index (κ3) is 4.25. The van der Waals surface area contributed by atoms with Crippen molar-refractivity contribution in [1.82, 2.24) is 14.8 Å². The molecule has 9 heteroatoms. The van der Waals surface area contributed by atoms with Crippen LogP contribution in [-0.2, 0) is 17.5 Å². The molecule has 0 fully saturated rings. The zero-order chi connectivity index (χ0) is 17.0. The Balaban J connectivity index is 2.03. The van der Waals surface area contributed by atoms with Gasteiger partial charge in [-0.2, -0.15) is 13.2 Å². The van der Waals surface area contributed by atoms with Crippen LogP contribution in [0.25, 0.3) is 0 Å². The number of benzene rings is 1. The molecule has 0 spiro atoms. The number of amides is 1. The number of aryl methyl sites for hydroxylation is 1. The van der Waals surface area contributed by atoms with Crippen LogP contribution in [0, 0.1) is 6.92 Å². The molecule has 1 heterocycles. The molecule has 2 aromatic rings. The maximum absolute atomic E-state index is 12.9. The van der Waals surface area contributed by atoms with Gasteiger partial charge in [-0.25, -0.2) is 0 Å². The van der Waals surface area contributed by atoms with E-state index in [9.17, 15) is 18.0 Å². The van der Waals surface area contributed by atoms with Gasteiger partial charge in [0.1, 0.15) is 5.82 Å². The van der Waals surface area contributed by atoms with Gasteiger partial charge in [0, 0.05) is 6.54 Å². The summed E-state index contributed by atoms with van der Waals surface area (Å²) in [5, 5.41) is 10.7. The lowest BCUT2D eigenvalue weighted by Gasteiger charge is -2.13. The first-order valence-corrected chi connectivity index (χ1v) is 7.80. The van der Waals surface area contributed by atoms with E-state index >= 15 is 0 Å². The van der Waals surface area contributed by atoms with Crippen molar-refractivity contribution in [3.8, 4) is 0 Å². The van der Waals surface area contributed by atoms with Gasteiger partial charge in [-0.15, -0.1) is 10.2 Å². The summed E-state index contributed by atoms with van der Waals surface area (Å²) in [5.74, 6) is 0.137. The van der Waals surface area contributed by atoms with Crippen LogP contribution in [0.1, 0.15) is 18.3 Å². The summed E-state index contributed by atoms with van der Waals surface area (Å²) in [6.07, 6.45) is -4.52. The standard InChI is InChI=1S/C14H15F3N4OS/c1-3-21-9(2)19-20-13(21)23-8-12(22)18-11-7-5-4-6-10(11)14(15,16)17/h4-7H,3,8H2,1-2H3,(H,18,22). The zero-order valence-corrected chi connectivity index (χ0v) is 13.3. The Morgan fingerprint density at radius 3 is 2.65 bits per heavy atom. The molecule has 0 saturated carbocycles. The van der Waals surface area contributed by atoms with Crippen LogP contribution in [0.2, 0.25) is 0 Å². The summed E-state index contributed by atoms with van der Waals surface area (Å²) in [6, 6.07) is 4.87. The van der Waals surface area contributed by atoms with Crippen LogP contribution >= 0.6 is 11.8 Å². The molecule has 0 radical (unpaired) electrons. The SMILES string of the molecule is CCn1c(C)nnc1SCC(=O)Nc1ccccc1C(F)(F)F. The van der Waals surface area contributed by atoms with Crippen molar-refractivity contribution in [3.63, 3.8) is 0 Å². The van der Waals surface area contributed by atoms with Crippen molar-refractivity contribution in [2.24, 2.45) is 0 Å². The number of carbonyl (C=O) groups excluding carboxylic acids is 1. The van der Waals surface area contributed by atoms with E-state index in [1.165, 1.54) is 18.2 Å². The normalized spacial score (nSPS) is 11.5. The molecule has 124 valence electrons. The number of alkyl halides is 3. The van der Waals surface area contributed by atoms with Crippen LogP contribution in [0.3, 0.4) is 0 Å². The number of rotatable bonds is 5. The summed E-state index contributed by atoms with van der Waals surface area (Å²) >= 11 is 1.13. The second-order valence-electron chi connectivity index (χ2n) is 4.65. The largest absolute Gasteiger partial charge is 0.418 e. The molecule has 1 aromatic carbocycles. The number of hydrogen-bond acceptors (Lipinski definition) is 4. The van der Waals surface area contributed by atoms with Crippen molar-refractivity contribution in [3.05, 3.63) is 35.7 Å². The molecule has 0 aliphatic heterocycles. The topological polar surface area (TPSA) is 59.8 Å². The van der Waals surface area contributed by atoms with Crippen LogP contribution < -0.4 is 5.32 Å². The first kappa shape index (κ1) is 17.3. The lowest BCUT2D eigenvalue weighted by Crippen LogP contribution is -2.18. The number of halogens is 3. The molecular weight excluding hydrogens is 329 g/mol. The number of anilines is 1. The predicted octanol–water partition coefficient (Wildman–Crippen LogP) is 3.36. The minimum Gasteiger partial charge on any atom is -0.325 e. The van der Waals surface area contributed by atoms with Crippen molar-refractivity contribution < 1.29 is 18.0 Å². The van der Waals surface area contributed by atoms with E-state index in [0.717, 1.165) is 23.7 Å². The zero-order valence-electron chi connectivity index (χ0n) is 12.5. The molecule has 0 atom stereocenters. The fourth-order valence-electron chi connectivity index (χ4n) is 1.99. The summed E-state index contributed by atoms with van der Waals surface area (Å²) in [4.78, 5) is 11.9. The lowest BCUT2D eigenvalue weighted by molar-refractivity contribution is -0.137. The third-order valence-electron chi connectivity index (χ3n) is 3.06. The number of nitrogens with one attached hydrogen (secondary N) is 1. The molecule has 23 heavy (non-hydrogen) atoms. The molecule has 0 aliphatic rings. The smallest absolute Gasteiger partial charge is 0.325 e. The number of nitrogens with zero attached hydrogens (tertiary/aromatic N) is 3. The average molecular weight is 344 g/mol. The number of aromatic nitrogens is 3. The van der Waals surface area contributed by atoms with Crippen LogP contribution in [0.15, 0.2) is 29.4 Å². The van der Waals surface area contributed by atoms with E-state index in [2.05, 4.69) is 15.5 Å². The maximum Gasteiger partial charge on any atom is 0.418 e. The van der Waals surface area contributed by atoms with Crippen molar-refractivity contribution in [1.29, 1.82) is 0 Å². The van der Waals surface area contributed by atoms with Gasteiger partial charge in [0.25, 0.3) is 0 Å². The van der Waals surface area contributed by atoms with E-state index in [0.29, 0.717) is 11.7 Å². The number of carbonyl (C=O) groups is 1. The highest BCUT2D eigenvalue weighted by molar-refractivity contribution is 7.99. The predicted molar refractivity (Wildman–Crippen MR) is 81.2 cm³/mol. The minimum absolute atomic E-state index is 0.0513. The highest BCUT2D eigenvalue weighted by Gasteiger charge is 2.33. The quantitative estimate of drug-likeness (QED) is 0.845.